The molecule has 1 aromatic carbocycles. The van der Waals surface area contributed by atoms with Gasteiger partial charge in [0.25, 0.3) is 5.91 Å². The lowest BCUT2D eigenvalue weighted by molar-refractivity contribution is -0.114. The number of nitrogens with one attached hydrogen (secondary N) is 2. The number of benzene rings is 1. The number of rotatable bonds is 13. The summed E-state index contributed by atoms with van der Waals surface area (Å²) in [5, 5.41) is 5.14. The minimum atomic E-state index is -0.570. The van der Waals surface area contributed by atoms with E-state index in [1.165, 1.54) is 57.2 Å². The minimum absolute atomic E-state index is 0.00687. The van der Waals surface area contributed by atoms with Crippen LogP contribution in [-0.4, -0.2) is 31.6 Å². The second-order valence-electron chi connectivity index (χ2n) is 6.37. The molecule has 0 saturated carbocycles. The van der Waals surface area contributed by atoms with Crippen LogP contribution in [0.4, 0.5) is 10.1 Å². The first-order valence-electron chi connectivity index (χ1n) is 9.47. The number of ether oxygens (including phenoxy) is 1. The van der Waals surface area contributed by atoms with Crippen molar-refractivity contribution in [3.63, 3.8) is 0 Å². The van der Waals surface area contributed by atoms with Crippen LogP contribution in [0, 0.1) is 5.82 Å². The molecule has 26 heavy (non-hydrogen) atoms. The SMILES string of the molecule is CCCCCCCCOCCCNC(=O)c1ccc(F)c(NC(C)=O)c1. The highest BCUT2D eigenvalue weighted by atomic mass is 19.1. The first-order valence-corrected chi connectivity index (χ1v) is 9.47. The van der Waals surface area contributed by atoms with Crippen molar-refractivity contribution in [1.82, 2.24) is 5.32 Å². The van der Waals surface area contributed by atoms with Crippen molar-refractivity contribution in [2.45, 2.75) is 58.8 Å². The summed E-state index contributed by atoms with van der Waals surface area (Å²) < 4.78 is 19.1. The summed E-state index contributed by atoms with van der Waals surface area (Å²) in [5.74, 6) is -1.25. The second kappa shape index (κ2) is 13.3. The molecule has 2 N–H and O–H groups in total. The van der Waals surface area contributed by atoms with Gasteiger partial charge in [-0.15, -0.1) is 0 Å². The monoisotopic (exact) mass is 366 g/mol. The first-order chi connectivity index (χ1) is 12.5. The summed E-state index contributed by atoms with van der Waals surface area (Å²) in [5.41, 5.74) is 0.315. The third-order valence-corrected chi connectivity index (χ3v) is 3.93. The number of hydrogen-bond acceptors (Lipinski definition) is 3. The Labute approximate surface area is 155 Å². The predicted molar refractivity (Wildman–Crippen MR) is 102 cm³/mol. The number of unbranched alkanes of at least 4 members (excludes halogenated alkanes) is 5. The minimum Gasteiger partial charge on any atom is -0.381 e. The van der Waals surface area contributed by atoms with E-state index in [2.05, 4.69) is 17.6 Å². The van der Waals surface area contributed by atoms with Crippen LogP contribution in [0.1, 0.15) is 69.2 Å². The number of anilines is 1. The summed E-state index contributed by atoms with van der Waals surface area (Å²) in [6, 6.07) is 3.90. The Morgan fingerprint density at radius 1 is 1.04 bits per heavy atom. The molecule has 6 heteroatoms. The van der Waals surface area contributed by atoms with Crippen LogP contribution in [-0.2, 0) is 9.53 Å². The van der Waals surface area contributed by atoms with Gasteiger partial charge < -0.3 is 15.4 Å². The Hall–Kier alpha value is -1.95. The van der Waals surface area contributed by atoms with Gasteiger partial charge in [0.1, 0.15) is 5.82 Å². The highest BCUT2D eigenvalue weighted by Gasteiger charge is 2.10. The molecule has 1 aromatic rings. The number of amides is 2. The van der Waals surface area contributed by atoms with Crippen molar-refractivity contribution in [3.05, 3.63) is 29.6 Å². The molecule has 0 spiro atoms. The maximum absolute atomic E-state index is 13.6. The van der Waals surface area contributed by atoms with E-state index in [0.29, 0.717) is 18.7 Å². The van der Waals surface area contributed by atoms with Crippen molar-refractivity contribution in [1.29, 1.82) is 0 Å². The van der Waals surface area contributed by atoms with Crippen molar-refractivity contribution in [2.24, 2.45) is 0 Å². The van der Waals surface area contributed by atoms with E-state index in [9.17, 15) is 14.0 Å². The van der Waals surface area contributed by atoms with Gasteiger partial charge in [0.2, 0.25) is 5.91 Å². The van der Waals surface area contributed by atoms with Crippen molar-refractivity contribution in [3.8, 4) is 0 Å². The largest absolute Gasteiger partial charge is 0.381 e. The van der Waals surface area contributed by atoms with Crippen LogP contribution in [0.15, 0.2) is 18.2 Å². The van der Waals surface area contributed by atoms with E-state index < -0.39 is 5.82 Å². The van der Waals surface area contributed by atoms with Crippen LogP contribution < -0.4 is 10.6 Å². The van der Waals surface area contributed by atoms with Gasteiger partial charge in [-0.3, -0.25) is 9.59 Å². The molecular formula is C20H31FN2O3. The van der Waals surface area contributed by atoms with Gasteiger partial charge in [0, 0.05) is 32.2 Å². The first kappa shape index (κ1) is 22.1. The molecule has 0 fully saturated rings. The van der Waals surface area contributed by atoms with E-state index in [-0.39, 0.29) is 17.5 Å². The van der Waals surface area contributed by atoms with Gasteiger partial charge in [-0.05, 0) is 31.0 Å². The van der Waals surface area contributed by atoms with Crippen molar-refractivity contribution < 1.29 is 18.7 Å². The van der Waals surface area contributed by atoms with Crippen molar-refractivity contribution >= 4 is 17.5 Å². The molecule has 5 nitrogen and oxygen atoms in total. The second-order valence-corrected chi connectivity index (χ2v) is 6.37. The Morgan fingerprint density at radius 3 is 2.46 bits per heavy atom. The highest BCUT2D eigenvalue weighted by Crippen LogP contribution is 2.16. The zero-order valence-electron chi connectivity index (χ0n) is 15.9. The van der Waals surface area contributed by atoms with E-state index in [0.717, 1.165) is 19.4 Å². The topological polar surface area (TPSA) is 67.4 Å². The van der Waals surface area contributed by atoms with Crippen LogP contribution in [0.2, 0.25) is 0 Å². The lowest BCUT2D eigenvalue weighted by Crippen LogP contribution is -2.25. The highest BCUT2D eigenvalue weighted by molar-refractivity contribution is 5.96. The molecule has 0 aliphatic rings. The molecule has 0 saturated heterocycles. The van der Waals surface area contributed by atoms with Crippen LogP contribution >= 0.6 is 0 Å². The quantitative estimate of drug-likeness (QED) is 0.512. The number of carbonyl (C=O) groups excluding carboxylic acids is 2. The third kappa shape index (κ3) is 9.51. The van der Waals surface area contributed by atoms with Gasteiger partial charge in [0.05, 0.1) is 5.69 Å². The predicted octanol–water partition coefficient (Wildman–Crippen LogP) is 4.28. The zero-order valence-corrected chi connectivity index (χ0v) is 15.9. The normalized spacial score (nSPS) is 10.6. The smallest absolute Gasteiger partial charge is 0.251 e. The fourth-order valence-corrected chi connectivity index (χ4v) is 2.52. The molecule has 1 rings (SSSR count). The average molecular weight is 366 g/mol. The Balaban J connectivity index is 2.16. The van der Waals surface area contributed by atoms with Gasteiger partial charge in [-0.1, -0.05) is 39.0 Å². The molecule has 0 unspecified atom stereocenters. The van der Waals surface area contributed by atoms with E-state index in [1.54, 1.807) is 0 Å². The maximum atomic E-state index is 13.6. The van der Waals surface area contributed by atoms with Gasteiger partial charge >= 0.3 is 0 Å². The van der Waals surface area contributed by atoms with Crippen LogP contribution in [0.25, 0.3) is 0 Å². The van der Waals surface area contributed by atoms with Crippen molar-refractivity contribution in [2.75, 3.05) is 25.1 Å². The number of halogens is 1. The standard InChI is InChI=1S/C20H31FN2O3/c1-3-4-5-6-7-8-13-26-14-9-12-22-20(25)17-10-11-18(21)19(15-17)23-16(2)24/h10-11,15H,3-9,12-14H2,1-2H3,(H,22,25)(H,23,24). The molecule has 0 atom stereocenters. The molecule has 0 heterocycles. The fraction of sp³-hybridized carbons (Fsp3) is 0.600. The molecule has 0 aliphatic carbocycles. The molecule has 146 valence electrons. The van der Waals surface area contributed by atoms with E-state index >= 15 is 0 Å². The van der Waals surface area contributed by atoms with Gasteiger partial charge in [0.15, 0.2) is 0 Å². The van der Waals surface area contributed by atoms with Gasteiger partial charge in [-0.25, -0.2) is 4.39 Å². The number of hydrogen-bond donors (Lipinski definition) is 2. The maximum Gasteiger partial charge on any atom is 0.251 e. The van der Waals surface area contributed by atoms with Gasteiger partial charge in [-0.2, -0.15) is 0 Å². The summed E-state index contributed by atoms with van der Waals surface area (Å²) in [7, 11) is 0. The third-order valence-electron chi connectivity index (χ3n) is 3.93. The fourth-order valence-electron chi connectivity index (χ4n) is 2.52. The lowest BCUT2D eigenvalue weighted by atomic mass is 10.1. The van der Waals surface area contributed by atoms with Crippen LogP contribution in [0.5, 0.6) is 0 Å². The Kier molecular flexibility index (Phi) is 11.3. The average Bonchev–Trinajstić information content (AvgIpc) is 2.61. The Bertz CT molecular complexity index is 564. The van der Waals surface area contributed by atoms with E-state index in [1.807, 2.05) is 0 Å². The molecule has 0 radical (unpaired) electrons. The summed E-state index contributed by atoms with van der Waals surface area (Å²) in [6.45, 7) is 5.35. The molecule has 0 aliphatic heterocycles. The number of carbonyl (C=O) groups is 2. The van der Waals surface area contributed by atoms with E-state index in [4.69, 9.17) is 4.74 Å². The summed E-state index contributed by atoms with van der Waals surface area (Å²) >= 11 is 0. The Morgan fingerprint density at radius 2 is 1.73 bits per heavy atom. The molecule has 2 amide bonds. The summed E-state index contributed by atoms with van der Waals surface area (Å²) in [6.07, 6.45) is 8.15. The molecule has 0 bridgehead atoms. The molecular weight excluding hydrogens is 335 g/mol. The lowest BCUT2D eigenvalue weighted by Gasteiger charge is -2.09. The van der Waals surface area contributed by atoms with Crippen LogP contribution in [0.3, 0.4) is 0 Å². The summed E-state index contributed by atoms with van der Waals surface area (Å²) in [4.78, 5) is 23.1. The molecule has 0 aromatic heterocycles. The zero-order chi connectivity index (χ0) is 19.2.